The van der Waals surface area contributed by atoms with Crippen molar-refractivity contribution >= 4 is 5.91 Å². The van der Waals surface area contributed by atoms with Gasteiger partial charge in [-0.3, -0.25) is 4.79 Å². The zero-order valence-corrected chi connectivity index (χ0v) is 10.8. The molecule has 1 atom stereocenters. The summed E-state index contributed by atoms with van der Waals surface area (Å²) in [6, 6.07) is 4.35. The molecular formula is C13H19NO4. The Bertz CT molecular complexity index is 417. The zero-order chi connectivity index (χ0) is 13.7. The lowest BCUT2D eigenvalue weighted by atomic mass is 10.0. The number of phenolic OH excluding ortho intramolecular Hbond substituents is 1. The van der Waals surface area contributed by atoms with Crippen LogP contribution in [-0.4, -0.2) is 35.9 Å². The second-order valence-corrected chi connectivity index (χ2v) is 4.36. The van der Waals surface area contributed by atoms with Crippen molar-refractivity contribution in [2.24, 2.45) is 5.92 Å². The Hall–Kier alpha value is -1.75. The summed E-state index contributed by atoms with van der Waals surface area (Å²) in [6.45, 7) is 3.65. The van der Waals surface area contributed by atoms with E-state index in [1.807, 2.05) is 13.8 Å². The Balaban J connectivity index is 2.91. The van der Waals surface area contributed by atoms with Crippen LogP contribution in [-0.2, 0) is 0 Å². The Morgan fingerprint density at radius 1 is 1.44 bits per heavy atom. The number of carbonyl (C=O) groups is 1. The van der Waals surface area contributed by atoms with E-state index >= 15 is 0 Å². The number of methoxy groups -OCH3 is 1. The highest BCUT2D eigenvalue weighted by Crippen LogP contribution is 2.29. The van der Waals surface area contributed by atoms with Crippen molar-refractivity contribution in [1.29, 1.82) is 0 Å². The normalized spacial score (nSPS) is 12.3. The second kappa shape index (κ2) is 6.26. The molecule has 1 unspecified atom stereocenters. The molecule has 0 saturated carbocycles. The minimum Gasteiger partial charge on any atom is -0.504 e. The molecule has 0 radical (unpaired) electrons. The number of hydrogen-bond acceptors (Lipinski definition) is 4. The Morgan fingerprint density at radius 2 is 2.11 bits per heavy atom. The highest BCUT2D eigenvalue weighted by Gasteiger charge is 2.19. The fourth-order valence-electron chi connectivity index (χ4n) is 1.54. The summed E-state index contributed by atoms with van der Waals surface area (Å²) in [4.78, 5) is 12.0. The third kappa shape index (κ3) is 3.13. The average molecular weight is 253 g/mol. The van der Waals surface area contributed by atoms with Crippen molar-refractivity contribution in [1.82, 2.24) is 5.32 Å². The Kier molecular flexibility index (Phi) is 4.97. The summed E-state index contributed by atoms with van der Waals surface area (Å²) in [5.74, 6) is -0.281. The molecule has 1 amide bonds. The second-order valence-electron chi connectivity index (χ2n) is 4.36. The number of phenols is 1. The monoisotopic (exact) mass is 253 g/mol. The zero-order valence-electron chi connectivity index (χ0n) is 10.8. The van der Waals surface area contributed by atoms with Crippen molar-refractivity contribution in [2.75, 3.05) is 13.7 Å². The van der Waals surface area contributed by atoms with Gasteiger partial charge in [-0.1, -0.05) is 19.9 Å². The van der Waals surface area contributed by atoms with Gasteiger partial charge in [-0.25, -0.2) is 0 Å². The summed E-state index contributed by atoms with van der Waals surface area (Å²) in [5.41, 5.74) is 0.133. The van der Waals surface area contributed by atoms with Crippen molar-refractivity contribution in [3.8, 4) is 11.5 Å². The molecule has 0 aliphatic rings. The molecule has 0 aliphatic carbocycles. The number of ether oxygens (including phenoxy) is 1. The third-order valence-corrected chi connectivity index (χ3v) is 2.78. The SMILES string of the molecule is COc1cccc(C(=O)NC(CO)C(C)C)c1O. The Morgan fingerprint density at radius 3 is 2.61 bits per heavy atom. The van der Waals surface area contributed by atoms with Gasteiger partial charge in [-0.2, -0.15) is 0 Å². The van der Waals surface area contributed by atoms with Crippen LogP contribution in [0.3, 0.4) is 0 Å². The van der Waals surface area contributed by atoms with Gasteiger partial charge in [0.2, 0.25) is 0 Å². The molecule has 1 aromatic rings. The van der Waals surface area contributed by atoms with Gasteiger partial charge in [0.15, 0.2) is 11.5 Å². The van der Waals surface area contributed by atoms with E-state index in [1.165, 1.54) is 13.2 Å². The lowest BCUT2D eigenvalue weighted by Gasteiger charge is -2.20. The molecule has 1 rings (SSSR count). The van der Waals surface area contributed by atoms with E-state index < -0.39 is 5.91 Å². The van der Waals surface area contributed by atoms with E-state index in [2.05, 4.69) is 5.32 Å². The van der Waals surface area contributed by atoms with Crippen LogP contribution in [0.4, 0.5) is 0 Å². The first-order valence-corrected chi connectivity index (χ1v) is 5.79. The predicted molar refractivity (Wildman–Crippen MR) is 67.8 cm³/mol. The van der Waals surface area contributed by atoms with Gasteiger partial charge in [0.1, 0.15) is 0 Å². The third-order valence-electron chi connectivity index (χ3n) is 2.78. The van der Waals surface area contributed by atoms with Crippen molar-refractivity contribution < 1.29 is 19.7 Å². The number of aliphatic hydroxyl groups is 1. The number of para-hydroxylation sites is 1. The van der Waals surface area contributed by atoms with Gasteiger partial charge in [0.05, 0.1) is 25.3 Å². The molecule has 0 bridgehead atoms. The van der Waals surface area contributed by atoms with Gasteiger partial charge in [-0.05, 0) is 18.1 Å². The molecular weight excluding hydrogens is 234 g/mol. The maximum Gasteiger partial charge on any atom is 0.255 e. The van der Waals surface area contributed by atoms with E-state index in [9.17, 15) is 9.90 Å². The highest BCUT2D eigenvalue weighted by atomic mass is 16.5. The van der Waals surface area contributed by atoms with Crippen LogP contribution in [0.15, 0.2) is 18.2 Å². The molecule has 0 heterocycles. The smallest absolute Gasteiger partial charge is 0.255 e. The molecule has 0 fully saturated rings. The molecule has 0 aromatic heterocycles. The molecule has 1 aromatic carbocycles. The molecule has 5 nitrogen and oxygen atoms in total. The topological polar surface area (TPSA) is 78.8 Å². The number of rotatable bonds is 5. The van der Waals surface area contributed by atoms with Crippen LogP contribution in [0.2, 0.25) is 0 Å². The fraction of sp³-hybridized carbons (Fsp3) is 0.462. The van der Waals surface area contributed by atoms with Gasteiger partial charge >= 0.3 is 0 Å². The predicted octanol–water partition coefficient (Wildman–Crippen LogP) is 1.15. The fourth-order valence-corrected chi connectivity index (χ4v) is 1.54. The number of carbonyl (C=O) groups excluding carboxylic acids is 1. The summed E-state index contributed by atoms with van der Waals surface area (Å²) in [6.07, 6.45) is 0. The average Bonchev–Trinajstić information content (AvgIpc) is 2.35. The van der Waals surface area contributed by atoms with E-state index in [0.717, 1.165) is 0 Å². The Labute approximate surface area is 106 Å². The number of nitrogens with one attached hydrogen (secondary N) is 1. The van der Waals surface area contributed by atoms with Crippen molar-refractivity contribution in [3.05, 3.63) is 23.8 Å². The molecule has 3 N–H and O–H groups in total. The van der Waals surface area contributed by atoms with Crippen molar-refractivity contribution in [3.63, 3.8) is 0 Å². The number of hydrogen-bond donors (Lipinski definition) is 3. The summed E-state index contributed by atoms with van der Waals surface area (Å²) >= 11 is 0. The van der Waals surface area contributed by atoms with Crippen LogP contribution in [0.25, 0.3) is 0 Å². The number of benzene rings is 1. The lowest BCUT2D eigenvalue weighted by Crippen LogP contribution is -2.41. The van der Waals surface area contributed by atoms with Crippen LogP contribution in [0.1, 0.15) is 24.2 Å². The lowest BCUT2D eigenvalue weighted by molar-refractivity contribution is 0.0893. The van der Waals surface area contributed by atoms with E-state index in [1.54, 1.807) is 12.1 Å². The largest absolute Gasteiger partial charge is 0.504 e. The van der Waals surface area contributed by atoms with Gasteiger partial charge in [0.25, 0.3) is 5.91 Å². The molecule has 18 heavy (non-hydrogen) atoms. The summed E-state index contributed by atoms with van der Waals surface area (Å²) < 4.78 is 4.94. The van der Waals surface area contributed by atoms with Crippen LogP contribution in [0, 0.1) is 5.92 Å². The van der Waals surface area contributed by atoms with Gasteiger partial charge < -0.3 is 20.3 Å². The quantitative estimate of drug-likeness (QED) is 0.735. The van der Waals surface area contributed by atoms with Crippen LogP contribution in [0.5, 0.6) is 11.5 Å². The minimum atomic E-state index is -0.431. The standard InChI is InChI=1S/C13H19NO4/c1-8(2)10(7-15)14-13(17)9-5-4-6-11(18-3)12(9)16/h4-6,8,10,15-16H,7H2,1-3H3,(H,14,17). The van der Waals surface area contributed by atoms with Gasteiger partial charge in [0, 0.05) is 0 Å². The first kappa shape index (κ1) is 14.3. The van der Waals surface area contributed by atoms with Gasteiger partial charge in [-0.15, -0.1) is 0 Å². The molecule has 100 valence electrons. The van der Waals surface area contributed by atoms with Crippen LogP contribution < -0.4 is 10.1 Å². The number of aliphatic hydroxyl groups excluding tert-OH is 1. The van der Waals surface area contributed by atoms with Crippen LogP contribution >= 0.6 is 0 Å². The summed E-state index contributed by atoms with van der Waals surface area (Å²) in [7, 11) is 1.42. The molecule has 0 aliphatic heterocycles. The maximum absolute atomic E-state index is 12.0. The number of aromatic hydroxyl groups is 1. The van der Waals surface area contributed by atoms with E-state index in [0.29, 0.717) is 0 Å². The molecule has 0 spiro atoms. The maximum atomic E-state index is 12.0. The first-order valence-electron chi connectivity index (χ1n) is 5.79. The highest BCUT2D eigenvalue weighted by molar-refractivity contribution is 5.97. The van der Waals surface area contributed by atoms with E-state index in [4.69, 9.17) is 9.84 Å². The van der Waals surface area contributed by atoms with Crippen molar-refractivity contribution in [2.45, 2.75) is 19.9 Å². The van der Waals surface area contributed by atoms with E-state index in [-0.39, 0.29) is 35.6 Å². The number of amides is 1. The molecule has 0 saturated heterocycles. The minimum absolute atomic E-state index is 0.103. The first-order chi connectivity index (χ1) is 8.51. The summed E-state index contributed by atoms with van der Waals surface area (Å²) in [5, 5.41) is 21.7. The molecule has 5 heteroatoms.